The fourth-order valence-electron chi connectivity index (χ4n) is 1.05. The largest absolute Gasteiger partial charge is 0.383 e. The summed E-state index contributed by atoms with van der Waals surface area (Å²) in [6.07, 6.45) is 0. The van der Waals surface area contributed by atoms with E-state index in [4.69, 9.17) is 10.5 Å². The van der Waals surface area contributed by atoms with Gasteiger partial charge in [-0.25, -0.2) is 0 Å². The number of rotatable bonds is 3. The maximum absolute atomic E-state index is 5.00. The summed E-state index contributed by atoms with van der Waals surface area (Å²) in [5.74, 6) is 2.59. The third-order valence-electron chi connectivity index (χ3n) is 1.72. The number of hydrogen-bond acceptors (Lipinski definition) is 5. The molecule has 5 heteroatoms. The molecule has 0 spiro atoms. The van der Waals surface area contributed by atoms with Crippen molar-refractivity contribution in [1.29, 1.82) is 0 Å². The Morgan fingerprint density at radius 2 is 1.73 bits per heavy atom. The first-order chi connectivity index (χ1) is 7.35. The van der Waals surface area contributed by atoms with Gasteiger partial charge < -0.3 is 16.2 Å². The van der Waals surface area contributed by atoms with Crippen molar-refractivity contribution < 1.29 is 4.74 Å². The molecule has 0 bridgehead atoms. The lowest BCUT2D eigenvalue weighted by Gasteiger charge is -2.25. The summed E-state index contributed by atoms with van der Waals surface area (Å²) < 4.78 is 5.00. The zero-order valence-corrected chi connectivity index (χ0v) is 11.2. The highest BCUT2D eigenvalue weighted by molar-refractivity contribution is 7.99. The molecule has 0 aliphatic carbocycles. The molecular formula is C10H27N3OS. The van der Waals surface area contributed by atoms with Gasteiger partial charge in [-0.05, 0) is 13.6 Å². The molecule has 1 aliphatic heterocycles. The molecule has 15 heavy (non-hydrogen) atoms. The van der Waals surface area contributed by atoms with Crippen molar-refractivity contribution in [3.63, 3.8) is 0 Å². The molecule has 0 saturated carbocycles. The lowest BCUT2D eigenvalue weighted by Crippen LogP contribution is -2.34. The molecule has 1 aliphatic rings. The smallest absolute Gasteiger partial charge is 0.0589 e. The summed E-state index contributed by atoms with van der Waals surface area (Å²) in [4.78, 5) is 2.46. The predicted molar refractivity (Wildman–Crippen MR) is 70.5 cm³/mol. The molecule has 1 heterocycles. The Kier molecular flexibility index (Phi) is 19.5. The number of hydrogen-bond donors (Lipinski definition) is 2. The zero-order chi connectivity index (χ0) is 11.9. The van der Waals surface area contributed by atoms with Gasteiger partial charge in [-0.3, -0.25) is 4.90 Å². The Hall–Kier alpha value is 0.190. The molecule has 4 nitrogen and oxygen atoms in total. The fraction of sp³-hybridized carbons (Fsp3) is 1.00. The van der Waals surface area contributed by atoms with Gasteiger partial charge in [0.25, 0.3) is 0 Å². The van der Waals surface area contributed by atoms with Crippen LogP contribution < -0.4 is 11.5 Å². The SMILES string of the molecule is CCN.CN.COCCN1CCSCC1. The molecular weight excluding hydrogens is 210 g/mol. The first-order valence-electron chi connectivity index (χ1n) is 5.42. The highest BCUT2D eigenvalue weighted by Gasteiger charge is 2.08. The lowest BCUT2D eigenvalue weighted by atomic mass is 10.5. The maximum Gasteiger partial charge on any atom is 0.0589 e. The van der Waals surface area contributed by atoms with Gasteiger partial charge in [-0.15, -0.1) is 0 Å². The van der Waals surface area contributed by atoms with Crippen molar-refractivity contribution in [2.75, 3.05) is 58.4 Å². The van der Waals surface area contributed by atoms with Crippen LogP contribution in [0, 0.1) is 0 Å². The van der Waals surface area contributed by atoms with Crippen LogP contribution in [0.1, 0.15) is 6.92 Å². The summed E-state index contributed by atoms with van der Waals surface area (Å²) >= 11 is 2.05. The summed E-state index contributed by atoms with van der Waals surface area (Å²) in [6.45, 7) is 7.13. The van der Waals surface area contributed by atoms with Crippen LogP contribution in [0.25, 0.3) is 0 Å². The third-order valence-corrected chi connectivity index (χ3v) is 2.66. The topological polar surface area (TPSA) is 64.5 Å². The minimum absolute atomic E-state index is 0.750. The zero-order valence-electron chi connectivity index (χ0n) is 10.4. The lowest BCUT2D eigenvalue weighted by molar-refractivity contribution is 0.154. The monoisotopic (exact) mass is 237 g/mol. The maximum atomic E-state index is 5.00. The number of thioether (sulfide) groups is 1. The number of ether oxygens (including phenoxy) is 1. The second-order valence-corrected chi connectivity index (χ2v) is 4.08. The Morgan fingerprint density at radius 3 is 2.13 bits per heavy atom. The van der Waals surface area contributed by atoms with Gasteiger partial charge >= 0.3 is 0 Å². The van der Waals surface area contributed by atoms with E-state index in [1.54, 1.807) is 7.11 Å². The summed E-state index contributed by atoms with van der Waals surface area (Å²) in [7, 11) is 3.26. The van der Waals surface area contributed by atoms with Crippen molar-refractivity contribution in [2.45, 2.75) is 6.92 Å². The van der Waals surface area contributed by atoms with Crippen LogP contribution in [-0.4, -0.2) is 63.3 Å². The van der Waals surface area contributed by atoms with E-state index in [2.05, 4.69) is 10.6 Å². The van der Waals surface area contributed by atoms with Crippen molar-refractivity contribution in [1.82, 2.24) is 4.90 Å². The van der Waals surface area contributed by atoms with E-state index < -0.39 is 0 Å². The predicted octanol–water partition coefficient (Wildman–Crippen LogP) is 0.222. The van der Waals surface area contributed by atoms with Crippen LogP contribution in [0.5, 0.6) is 0 Å². The van der Waals surface area contributed by atoms with Crippen LogP contribution >= 0.6 is 11.8 Å². The van der Waals surface area contributed by atoms with E-state index in [0.29, 0.717) is 0 Å². The van der Waals surface area contributed by atoms with Gasteiger partial charge in [0.2, 0.25) is 0 Å². The van der Waals surface area contributed by atoms with Crippen LogP contribution in [0.2, 0.25) is 0 Å². The van der Waals surface area contributed by atoms with E-state index in [1.165, 1.54) is 31.6 Å². The Bertz CT molecular complexity index is 101. The molecule has 0 amide bonds. The molecule has 0 aromatic heterocycles. The minimum Gasteiger partial charge on any atom is -0.383 e. The van der Waals surface area contributed by atoms with Gasteiger partial charge in [0.05, 0.1) is 6.61 Å². The second kappa shape index (κ2) is 16.6. The molecule has 94 valence electrons. The van der Waals surface area contributed by atoms with E-state index in [1.807, 2.05) is 18.7 Å². The van der Waals surface area contributed by atoms with Gasteiger partial charge in [0, 0.05) is 38.2 Å². The highest BCUT2D eigenvalue weighted by atomic mass is 32.2. The fourth-order valence-corrected chi connectivity index (χ4v) is 2.02. The van der Waals surface area contributed by atoms with Crippen molar-refractivity contribution in [2.24, 2.45) is 11.5 Å². The number of methoxy groups -OCH3 is 1. The van der Waals surface area contributed by atoms with Gasteiger partial charge in [0.15, 0.2) is 0 Å². The quantitative estimate of drug-likeness (QED) is 0.735. The first kappa shape index (κ1) is 17.6. The average Bonchev–Trinajstić information content (AvgIpc) is 2.31. The van der Waals surface area contributed by atoms with Crippen LogP contribution in [0.3, 0.4) is 0 Å². The van der Waals surface area contributed by atoms with Crippen LogP contribution in [-0.2, 0) is 4.74 Å². The standard InChI is InChI=1S/C7H15NOS.C2H7N.CH5N/c1-9-5-2-8-3-6-10-7-4-8;1-2-3;1-2/h2-7H2,1H3;2-3H2,1H3;2H2,1H3. The van der Waals surface area contributed by atoms with Gasteiger partial charge in [-0.2, -0.15) is 11.8 Å². The minimum atomic E-state index is 0.750. The molecule has 0 radical (unpaired) electrons. The van der Waals surface area contributed by atoms with Crippen molar-refractivity contribution in [3.05, 3.63) is 0 Å². The van der Waals surface area contributed by atoms with E-state index >= 15 is 0 Å². The molecule has 0 aromatic carbocycles. The molecule has 0 aromatic rings. The first-order valence-corrected chi connectivity index (χ1v) is 6.57. The van der Waals surface area contributed by atoms with E-state index in [-0.39, 0.29) is 0 Å². The van der Waals surface area contributed by atoms with E-state index in [0.717, 1.165) is 19.7 Å². The van der Waals surface area contributed by atoms with Gasteiger partial charge in [-0.1, -0.05) is 6.92 Å². The normalized spacial score (nSPS) is 15.8. The van der Waals surface area contributed by atoms with Crippen molar-refractivity contribution in [3.8, 4) is 0 Å². The molecule has 1 rings (SSSR count). The van der Waals surface area contributed by atoms with Crippen LogP contribution in [0.15, 0.2) is 0 Å². The Morgan fingerprint density at radius 1 is 1.27 bits per heavy atom. The van der Waals surface area contributed by atoms with Crippen LogP contribution in [0.4, 0.5) is 0 Å². The summed E-state index contributed by atoms with van der Waals surface area (Å²) in [5.41, 5.74) is 9.35. The number of nitrogens with two attached hydrogens (primary N) is 2. The van der Waals surface area contributed by atoms with Gasteiger partial charge in [0.1, 0.15) is 0 Å². The highest BCUT2D eigenvalue weighted by Crippen LogP contribution is 2.07. The Balaban J connectivity index is 0. The molecule has 1 saturated heterocycles. The van der Waals surface area contributed by atoms with Crippen molar-refractivity contribution >= 4 is 11.8 Å². The molecule has 4 N–H and O–H groups in total. The third kappa shape index (κ3) is 14.2. The molecule has 0 unspecified atom stereocenters. The Labute approximate surface area is 98.7 Å². The summed E-state index contributed by atoms with van der Waals surface area (Å²) in [5, 5.41) is 0. The molecule has 1 fully saturated rings. The number of nitrogens with zero attached hydrogens (tertiary/aromatic N) is 1. The van der Waals surface area contributed by atoms with E-state index in [9.17, 15) is 0 Å². The summed E-state index contributed by atoms with van der Waals surface area (Å²) in [6, 6.07) is 0. The second-order valence-electron chi connectivity index (χ2n) is 2.86. The average molecular weight is 237 g/mol. The molecule has 0 atom stereocenters.